The van der Waals surface area contributed by atoms with E-state index in [1.54, 1.807) is 50.4 Å². The Balaban J connectivity index is 1.65. The van der Waals surface area contributed by atoms with Crippen molar-refractivity contribution in [2.24, 2.45) is 11.7 Å². The summed E-state index contributed by atoms with van der Waals surface area (Å²) in [6.45, 7) is 4.73. The van der Waals surface area contributed by atoms with Crippen LogP contribution >= 0.6 is 0 Å². The minimum absolute atomic E-state index is 0.0153. The molecule has 214 valence electrons. The molecule has 3 amide bonds. The van der Waals surface area contributed by atoms with Gasteiger partial charge >= 0.3 is 5.97 Å². The fourth-order valence-corrected chi connectivity index (χ4v) is 4.39. The summed E-state index contributed by atoms with van der Waals surface area (Å²) in [5, 5.41) is 28.3. The fourth-order valence-electron chi connectivity index (χ4n) is 4.39. The Hall–Kier alpha value is -4.22. The van der Waals surface area contributed by atoms with Crippen molar-refractivity contribution in [3.05, 3.63) is 71.9 Å². The highest BCUT2D eigenvalue weighted by Gasteiger charge is 2.34. The van der Waals surface area contributed by atoms with E-state index >= 15 is 0 Å². The van der Waals surface area contributed by atoms with E-state index in [-0.39, 0.29) is 18.8 Å². The quantitative estimate of drug-likeness (QED) is 0.164. The van der Waals surface area contributed by atoms with Crippen LogP contribution in [0.3, 0.4) is 0 Å². The van der Waals surface area contributed by atoms with Gasteiger partial charge in [-0.15, -0.1) is 0 Å². The Morgan fingerprint density at radius 1 is 0.825 bits per heavy atom. The predicted octanol–water partition coefficient (Wildman–Crippen LogP) is 0.856. The van der Waals surface area contributed by atoms with Gasteiger partial charge in [0.15, 0.2) is 0 Å². The van der Waals surface area contributed by atoms with Gasteiger partial charge in [0.05, 0.1) is 12.1 Å². The number of H-pyrrole nitrogens is 1. The van der Waals surface area contributed by atoms with Crippen molar-refractivity contribution >= 4 is 34.6 Å². The Bertz CT molecular complexity index is 1320. The Labute approximate surface area is 232 Å². The normalized spacial score (nSPS) is 15.1. The molecule has 11 nitrogen and oxygen atoms in total. The zero-order valence-corrected chi connectivity index (χ0v) is 22.8. The number of fused-ring (bicyclic) bond motifs is 1. The lowest BCUT2D eigenvalue weighted by molar-refractivity contribution is -0.143. The molecule has 0 aliphatic rings. The second-order valence-corrected chi connectivity index (χ2v) is 10.2. The van der Waals surface area contributed by atoms with Crippen LogP contribution in [0, 0.1) is 5.92 Å². The number of rotatable bonds is 13. The molecule has 3 rings (SSSR count). The lowest BCUT2D eigenvalue weighted by Gasteiger charge is -2.28. The smallest absolute Gasteiger partial charge is 0.326 e. The summed E-state index contributed by atoms with van der Waals surface area (Å²) in [6.07, 6.45) is 0.696. The first-order valence-corrected chi connectivity index (χ1v) is 13.1. The molecule has 0 fully saturated rings. The Morgan fingerprint density at radius 3 is 2.05 bits per heavy atom. The zero-order valence-electron chi connectivity index (χ0n) is 22.8. The SMILES string of the molecule is CC(C)C(NC(=O)C(N)Cc1c[nH]c2ccccc12)C(=O)NC(C(=O)NC(Cc1ccccc1)C(=O)O)C(C)O. The summed E-state index contributed by atoms with van der Waals surface area (Å²) in [7, 11) is 0. The van der Waals surface area contributed by atoms with Crippen molar-refractivity contribution in [3.63, 3.8) is 0 Å². The van der Waals surface area contributed by atoms with Crippen molar-refractivity contribution in [2.45, 2.75) is 63.9 Å². The standard InChI is InChI=1S/C29H37N5O6/c1-16(2)24(33-26(36)21(30)14-19-15-31-22-12-8-7-11-20(19)22)27(37)34-25(17(3)35)28(38)32-23(29(39)40)13-18-9-5-4-6-10-18/h4-12,15-17,21,23-25,31,35H,13-14,30H2,1-3H3,(H,32,38)(H,33,36)(H,34,37)(H,39,40). The summed E-state index contributed by atoms with van der Waals surface area (Å²) >= 11 is 0. The van der Waals surface area contributed by atoms with Gasteiger partial charge in [-0.2, -0.15) is 0 Å². The van der Waals surface area contributed by atoms with E-state index in [1.165, 1.54) is 6.92 Å². The number of benzene rings is 2. The second-order valence-electron chi connectivity index (χ2n) is 10.2. The minimum Gasteiger partial charge on any atom is -0.480 e. The van der Waals surface area contributed by atoms with Gasteiger partial charge in [-0.05, 0) is 36.5 Å². The first kappa shape index (κ1) is 30.3. The summed E-state index contributed by atoms with van der Waals surface area (Å²) in [4.78, 5) is 54.0. The molecule has 0 spiro atoms. The molecule has 0 saturated heterocycles. The molecule has 2 aromatic carbocycles. The molecule has 5 atom stereocenters. The maximum Gasteiger partial charge on any atom is 0.326 e. The van der Waals surface area contributed by atoms with Gasteiger partial charge in [-0.25, -0.2) is 4.79 Å². The maximum atomic E-state index is 13.2. The van der Waals surface area contributed by atoms with Crippen molar-refractivity contribution in [1.29, 1.82) is 0 Å². The highest BCUT2D eigenvalue weighted by molar-refractivity contribution is 5.95. The maximum absolute atomic E-state index is 13.2. The molecule has 8 N–H and O–H groups in total. The first-order chi connectivity index (χ1) is 19.0. The van der Waals surface area contributed by atoms with E-state index in [2.05, 4.69) is 20.9 Å². The number of hydrogen-bond donors (Lipinski definition) is 7. The average Bonchev–Trinajstić information content (AvgIpc) is 3.32. The van der Waals surface area contributed by atoms with Crippen LogP contribution in [0.4, 0.5) is 0 Å². The highest BCUT2D eigenvalue weighted by Crippen LogP contribution is 2.19. The van der Waals surface area contributed by atoms with Crippen molar-refractivity contribution in [1.82, 2.24) is 20.9 Å². The number of aliphatic hydroxyl groups is 1. The number of aromatic nitrogens is 1. The number of hydrogen-bond acceptors (Lipinski definition) is 6. The van der Waals surface area contributed by atoms with Gasteiger partial charge in [-0.1, -0.05) is 62.4 Å². The van der Waals surface area contributed by atoms with Gasteiger partial charge in [0.25, 0.3) is 0 Å². The van der Waals surface area contributed by atoms with Crippen LogP contribution in [-0.4, -0.2) is 69.2 Å². The first-order valence-electron chi connectivity index (χ1n) is 13.1. The van der Waals surface area contributed by atoms with E-state index in [1.807, 2.05) is 24.3 Å². The van der Waals surface area contributed by atoms with Gasteiger partial charge in [0, 0.05) is 23.5 Å². The molecule has 0 radical (unpaired) electrons. The molecule has 11 heteroatoms. The lowest BCUT2D eigenvalue weighted by atomic mass is 10.00. The van der Waals surface area contributed by atoms with E-state index in [9.17, 15) is 29.4 Å². The molecule has 3 aromatic rings. The van der Waals surface area contributed by atoms with Crippen molar-refractivity contribution in [3.8, 4) is 0 Å². The van der Waals surface area contributed by atoms with Crippen LogP contribution in [0.15, 0.2) is 60.8 Å². The zero-order chi connectivity index (χ0) is 29.4. The summed E-state index contributed by atoms with van der Waals surface area (Å²) < 4.78 is 0. The summed E-state index contributed by atoms with van der Waals surface area (Å²) in [5.74, 6) is -3.77. The van der Waals surface area contributed by atoms with Crippen LogP contribution in [-0.2, 0) is 32.0 Å². The summed E-state index contributed by atoms with van der Waals surface area (Å²) in [5.41, 5.74) is 8.65. The van der Waals surface area contributed by atoms with Crippen molar-refractivity contribution < 1.29 is 29.4 Å². The third-order valence-corrected chi connectivity index (χ3v) is 6.66. The predicted molar refractivity (Wildman–Crippen MR) is 150 cm³/mol. The molecule has 1 aromatic heterocycles. The van der Waals surface area contributed by atoms with Gasteiger partial charge < -0.3 is 36.9 Å². The monoisotopic (exact) mass is 551 g/mol. The molecule has 5 unspecified atom stereocenters. The number of amides is 3. The number of aliphatic carboxylic acids is 1. The van der Waals surface area contributed by atoms with Gasteiger partial charge in [-0.3, -0.25) is 14.4 Å². The number of carbonyl (C=O) groups is 4. The number of para-hydroxylation sites is 1. The van der Waals surface area contributed by atoms with Crippen molar-refractivity contribution in [2.75, 3.05) is 0 Å². The Kier molecular flexibility index (Phi) is 10.4. The number of aromatic amines is 1. The average molecular weight is 552 g/mol. The number of nitrogens with one attached hydrogen (secondary N) is 4. The molecule has 0 saturated carbocycles. The third kappa shape index (κ3) is 7.90. The lowest BCUT2D eigenvalue weighted by Crippen LogP contribution is -2.61. The van der Waals surface area contributed by atoms with E-state index in [4.69, 9.17) is 5.73 Å². The van der Waals surface area contributed by atoms with Crippen LogP contribution in [0.2, 0.25) is 0 Å². The topological polar surface area (TPSA) is 187 Å². The second kappa shape index (κ2) is 13.7. The number of aliphatic hydroxyl groups excluding tert-OH is 1. The van der Waals surface area contributed by atoms with E-state index in [0.29, 0.717) is 5.56 Å². The molecule has 0 bridgehead atoms. The summed E-state index contributed by atoms with van der Waals surface area (Å²) in [6, 6.07) is 11.6. The minimum atomic E-state index is -1.46. The molecule has 0 aliphatic carbocycles. The number of carbonyl (C=O) groups excluding carboxylic acids is 3. The number of nitrogens with two attached hydrogens (primary N) is 1. The van der Waals surface area contributed by atoms with Crippen LogP contribution in [0.25, 0.3) is 10.9 Å². The van der Waals surface area contributed by atoms with E-state index in [0.717, 1.165) is 16.5 Å². The third-order valence-electron chi connectivity index (χ3n) is 6.66. The highest BCUT2D eigenvalue weighted by atomic mass is 16.4. The molecule has 1 heterocycles. The number of carboxylic acid groups (broad SMARTS) is 1. The Morgan fingerprint density at radius 2 is 1.43 bits per heavy atom. The molecule has 0 aliphatic heterocycles. The van der Waals surface area contributed by atoms with Crippen LogP contribution in [0.5, 0.6) is 0 Å². The molecular weight excluding hydrogens is 514 g/mol. The van der Waals surface area contributed by atoms with Gasteiger partial charge in [0.1, 0.15) is 18.1 Å². The molecular formula is C29H37N5O6. The fraction of sp³-hybridized carbons (Fsp3) is 0.379. The van der Waals surface area contributed by atoms with E-state index < -0.39 is 54.0 Å². The number of carboxylic acids is 1. The van der Waals surface area contributed by atoms with Crippen LogP contribution < -0.4 is 21.7 Å². The largest absolute Gasteiger partial charge is 0.480 e. The van der Waals surface area contributed by atoms with Crippen LogP contribution in [0.1, 0.15) is 31.9 Å². The molecule has 40 heavy (non-hydrogen) atoms. The van der Waals surface area contributed by atoms with Gasteiger partial charge in [0.2, 0.25) is 17.7 Å².